The highest BCUT2D eigenvalue weighted by Gasteiger charge is 2.30. The quantitative estimate of drug-likeness (QED) is 0.215. The maximum Gasteiger partial charge on any atom is 0.295 e. The second-order valence-electron chi connectivity index (χ2n) is 8.11. The molecule has 4 aromatic rings. The van der Waals surface area contributed by atoms with Crippen molar-refractivity contribution in [1.82, 2.24) is 14.8 Å². The van der Waals surface area contributed by atoms with E-state index in [-0.39, 0.29) is 10.9 Å². The van der Waals surface area contributed by atoms with E-state index in [4.69, 9.17) is 4.99 Å². The van der Waals surface area contributed by atoms with Gasteiger partial charge in [0.1, 0.15) is 11.7 Å². The van der Waals surface area contributed by atoms with Crippen LogP contribution in [0.3, 0.4) is 0 Å². The normalized spacial score (nSPS) is 14.4. The average Bonchev–Trinajstić information content (AvgIpc) is 3.33. The maximum absolute atomic E-state index is 14.3. The molecular weight excluding hydrogens is 431 g/mol. The van der Waals surface area contributed by atoms with Crippen LogP contribution in [0.1, 0.15) is 15.9 Å². The van der Waals surface area contributed by atoms with Crippen molar-refractivity contribution in [1.29, 1.82) is 0 Å². The minimum Gasteiger partial charge on any atom is -0.360 e. The summed E-state index contributed by atoms with van der Waals surface area (Å²) in [7, 11) is 0. The van der Waals surface area contributed by atoms with Crippen molar-refractivity contribution in [3.63, 3.8) is 0 Å². The maximum atomic E-state index is 14.3. The van der Waals surface area contributed by atoms with E-state index in [1.807, 2.05) is 60.7 Å². The van der Waals surface area contributed by atoms with Gasteiger partial charge in [-0.05, 0) is 24.3 Å². The van der Waals surface area contributed by atoms with Gasteiger partial charge in [0.2, 0.25) is 0 Å². The van der Waals surface area contributed by atoms with E-state index in [1.165, 1.54) is 17.2 Å². The number of carbonyl (C=O) groups excluding carboxylic acids is 2. The number of piperazine rings is 1. The van der Waals surface area contributed by atoms with E-state index < -0.39 is 17.5 Å². The highest BCUT2D eigenvalue weighted by Crippen LogP contribution is 2.23. The fraction of sp³-hybridized carbons (Fsp3) is 0.148. The number of aromatic amines is 1. The van der Waals surface area contributed by atoms with Crippen LogP contribution in [0.4, 0.5) is 10.1 Å². The number of Topliss-reactive ketones (excluding diaryl/α,β-unsaturated/α-hetero) is 1. The van der Waals surface area contributed by atoms with E-state index in [9.17, 15) is 14.0 Å². The molecule has 1 aliphatic heterocycles. The van der Waals surface area contributed by atoms with Crippen molar-refractivity contribution in [2.45, 2.75) is 0 Å². The van der Waals surface area contributed by atoms with Crippen molar-refractivity contribution in [2.75, 3.05) is 26.2 Å². The lowest BCUT2D eigenvalue weighted by Gasteiger charge is -2.36. The Labute approximate surface area is 196 Å². The fourth-order valence-electron chi connectivity index (χ4n) is 4.23. The molecule has 0 spiro atoms. The van der Waals surface area contributed by atoms with E-state index in [0.717, 1.165) is 17.1 Å². The smallest absolute Gasteiger partial charge is 0.295 e. The molecule has 2 heterocycles. The lowest BCUT2D eigenvalue weighted by molar-refractivity contribution is -0.127. The number of amidine groups is 1. The predicted molar refractivity (Wildman–Crippen MR) is 130 cm³/mol. The lowest BCUT2D eigenvalue weighted by Crippen LogP contribution is -2.52. The van der Waals surface area contributed by atoms with Crippen LogP contribution in [0.25, 0.3) is 10.9 Å². The largest absolute Gasteiger partial charge is 0.360 e. The molecule has 1 aliphatic rings. The number of nitrogens with zero attached hydrogens (tertiary/aromatic N) is 3. The molecule has 0 saturated carbocycles. The van der Waals surface area contributed by atoms with Crippen LogP contribution in [0, 0.1) is 5.82 Å². The van der Waals surface area contributed by atoms with Crippen LogP contribution in [0.15, 0.2) is 90.1 Å². The number of H-pyrrole nitrogens is 1. The monoisotopic (exact) mass is 454 g/mol. The molecule has 1 amide bonds. The molecule has 1 fully saturated rings. The molecule has 34 heavy (non-hydrogen) atoms. The van der Waals surface area contributed by atoms with Gasteiger partial charge in [0.05, 0.1) is 11.3 Å². The van der Waals surface area contributed by atoms with Crippen LogP contribution in [0.2, 0.25) is 0 Å². The zero-order chi connectivity index (χ0) is 23.5. The first kappa shape index (κ1) is 21.6. The number of hydrogen-bond acceptors (Lipinski definition) is 3. The van der Waals surface area contributed by atoms with Gasteiger partial charge in [-0.3, -0.25) is 9.59 Å². The van der Waals surface area contributed by atoms with Crippen LogP contribution in [-0.2, 0) is 4.79 Å². The third-order valence-corrected chi connectivity index (χ3v) is 5.98. The summed E-state index contributed by atoms with van der Waals surface area (Å²) in [4.78, 5) is 37.3. The topological polar surface area (TPSA) is 68.8 Å². The molecule has 5 rings (SSSR count). The molecule has 1 saturated heterocycles. The summed E-state index contributed by atoms with van der Waals surface area (Å²) in [5.41, 5.74) is 2.38. The Bertz CT molecular complexity index is 1360. The Morgan fingerprint density at radius 1 is 0.794 bits per heavy atom. The van der Waals surface area contributed by atoms with Crippen molar-refractivity contribution in [3.05, 3.63) is 102 Å². The highest BCUT2D eigenvalue weighted by molar-refractivity contribution is 6.44. The van der Waals surface area contributed by atoms with Gasteiger partial charge >= 0.3 is 0 Å². The third kappa shape index (κ3) is 4.20. The fourth-order valence-corrected chi connectivity index (χ4v) is 4.23. The van der Waals surface area contributed by atoms with Crippen LogP contribution < -0.4 is 0 Å². The molecule has 1 N–H and O–H groups in total. The summed E-state index contributed by atoms with van der Waals surface area (Å²) in [6, 6.07) is 24.2. The Balaban J connectivity index is 1.34. The third-order valence-electron chi connectivity index (χ3n) is 5.98. The molecule has 0 radical (unpaired) electrons. The first-order chi connectivity index (χ1) is 16.6. The number of carbonyl (C=O) groups is 2. The number of hydrogen-bond donors (Lipinski definition) is 1. The summed E-state index contributed by atoms with van der Waals surface area (Å²) in [6.45, 7) is 1.80. The summed E-state index contributed by atoms with van der Waals surface area (Å²) in [5, 5.41) is 0.154. The Morgan fingerprint density at radius 2 is 1.44 bits per heavy atom. The molecule has 0 atom stereocenters. The van der Waals surface area contributed by atoms with Gasteiger partial charge in [-0.25, -0.2) is 9.38 Å². The number of ketones is 1. The summed E-state index contributed by atoms with van der Waals surface area (Å²) in [6.07, 6.45) is 1.41. The molecule has 1 aromatic heterocycles. The van der Waals surface area contributed by atoms with E-state index in [1.54, 1.807) is 12.1 Å². The molecule has 6 nitrogen and oxygen atoms in total. The van der Waals surface area contributed by atoms with Crippen molar-refractivity contribution in [2.24, 2.45) is 4.99 Å². The SMILES string of the molecule is O=C(C(=O)N1CCN(C(=Nc2ccccc2)c2ccccc2)CC1)c1c[nH]c2cccc(F)c12. The van der Waals surface area contributed by atoms with Crippen LogP contribution >= 0.6 is 0 Å². The Hall–Kier alpha value is -4.26. The Kier molecular flexibility index (Phi) is 5.91. The summed E-state index contributed by atoms with van der Waals surface area (Å²) >= 11 is 0. The van der Waals surface area contributed by atoms with Gasteiger partial charge in [0.15, 0.2) is 0 Å². The van der Waals surface area contributed by atoms with Crippen molar-refractivity contribution in [3.8, 4) is 0 Å². The van der Waals surface area contributed by atoms with Gasteiger partial charge in [0, 0.05) is 48.8 Å². The predicted octanol–water partition coefficient (Wildman–Crippen LogP) is 4.41. The van der Waals surface area contributed by atoms with Gasteiger partial charge in [-0.1, -0.05) is 54.6 Å². The number of benzene rings is 3. The number of rotatable bonds is 4. The molecule has 7 heteroatoms. The minimum atomic E-state index is -0.703. The van der Waals surface area contributed by atoms with Crippen molar-refractivity contribution >= 4 is 34.1 Å². The summed E-state index contributed by atoms with van der Waals surface area (Å²) in [5.74, 6) is -1.02. The van der Waals surface area contributed by atoms with Gasteiger partial charge < -0.3 is 14.8 Å². The van der Waals surface area contributed by atoms with Crippen LogP contribution in [-0.4, -0.2) is 58.5 Å². The molecule has 0 bridgehead atoms. The highest BCUT2D eigenvalue weighted by atomic mass is 19.1. The number of amides is 1. The van der Waals surface area contributed by atoms with Crippen molar-refractivity contribution < 1.29 is 14.0 Å². The van der Waals surface area contributed by atoms with Gasteiger partial charge in [-0.15, -0.1) is 0 Å². The first-order valence-corrected chi connectivity index (χ1v) is 11.1. The van der Waals surface area contributed by atoms with E-state index in [2.05, 4.69) is 9.88 Å². The zero-order valence-corrected chi connectivity index (χ0v) is 18.4. The number of aromatic nitrogens is 1. The number of nitrogens with one attached hydrogen (secondary N) is 1. The van der Waals surface area contributed by atoms with E-state index >= 15 is 0 Å². The number of fused-ring (bicyclic) bond motifs is 1. The molecular formula is C27H23FN4O2. The van der Waals surface area contributed by atoms with Gasteiger partial charge in [0.25, 0.3) is 11.7 Å². The number of halogens is 1. The number of para-hydroxylation sites is 1. The lowest BCUT2D eigenvalue weighted by atomic mass is 10.1. The Morgan fingerprint density at radius 3 is 2.15 bits per heavy atom. The second kappa shape index (κ2) is 9.31. The van der Waals surface area contributed by atoms with Crippen LogP contribution in [0.5, 0.6) is 0 Å². The summed E-state index contributed by atoms with van der Waals surface area (Å²) < 4.78 is 14.3. The molecule has 0 aliphatic carbocycles. The zero-order valence-electron chi connectivity index (χ0n) is 18.4. The first-order valence-electron chi connectivity index (χ1n) is 11.1. The van der Waals surface area contributed by atoms with Gasteiger partial charge in [-0.2, -0.15) is 0 Å². The molecule has 3 aromatic carbocycles. The van der Waals surface area contributed by atoms with E-state index in [0.29, 0.717) is 31.7 Å². The second-order valence-corrected chi connectivity index (χ2v) is 8.11. The number of aliphatic imine (C=N–C) groups is 1. The average molecular weight is 455 g/mol. The molecule has 170 valence electrons. The minimum absolute atomic E-state index is 0.0659. The molecule has 0 unspecified atom stereocenters. The standard InChI is InChI=1S/C27H23FN4O2/c28-22-12-7-13-23-24(22)21(18-29-23)25(33)27(34)32-16-14-31(15-17-32)26(19-8-3-1-4-9-19)30-20-10-5-2-6-11-20/h1-13,18,29H,14-17H2.